The van der Waals surface area contributed by atoms with Gasteiger partial charge in [0.05, 0.1) is 6.07 Å². The van der Waals surface area contributed by atoms with Crippen LogP contribution in [0.15, 0.2) is 0 Å². The zero-order chi connectivity index (χ0) is 8.69. The van der Waals surface area contributed by atoms with Crippen LogP contribution in [-0.4, -0.2) is 31.6 Å². The minimum absolute atomic E-state index is 0.527. The van der Waals surface area contributed by atoms with Crippen LogP contribution >= 0.6 is 0 Å². The molecule has 11 heavy (non-hydrogen) atoms. The Bertz CT molecular complexity index is 128. The number of hydrogen-bond donors (Lipinski definition) is 1. The van der Waals surface area contributed by atoms with Gasteiger partial charge in [0.25, 0.3) is 0 Å². The molecule has 3 heteroatoms. The molecule has 64 valence electrons. The first-order chi connectivity index (χ1) is 5.20. The van der Waals surface area contributed by atoms with Crippen LogP contribution in [0.5, 0.6) is 0 Å². The molecule has 1 atom stereocenters. The van der Waals surface area contributed by atoms with E-state index in [1.54, 1.807) is 0 Å². The standard InChI is InChI=1S/C8H17N3/c1-8(6-10)7-11(2)5-3-4-9/h8H,3,5-7,10H2,1-2H3. The highest BCUT2D eigenvalue weighted by molar-refractivity contribution is 4.71. The molecular formula is C8H17N3. The van der Waals surface area contributed by atoms with Crippen LogP contribution in [0.2, 0.25) is 0 Å². The van der Waals surface area contributed by atoms with Crippen LogP contribution in [0.25, 0.3) is 0 Å². The predicted molar refractivity (Wildman–Crippen MR) is 45.9 cm³/mol. The summed E-state index contributed by atoms with van der Waals surface area (Å²) in [6.45, 7) is 4.67. The van der Waals surface area contributed by atoms with Crippen molar-refractivity contribution in [2.24, 2.45) is 11.7 Å². The summed E-state index contributed by atoms with van der Waals surface area (Å²) in [5, 5.41) is 8.31. The summed E-state index contributed by atoms with van der Waals surface area (Å²) in [5.41, 5.74) is 5.46. The fourth-order valence-electron chi connectivity index (χ4n) is 0.939. The second-order valence-corrected chi connectivity index (χ2v) is 3.01. The van der Waals surface area contributed by atoms with Crippen molar-refractivity contribution in [1.82, 2.24) is 4.90 Å². The molecule has 0 heterocycles. The molecule has 0 saturated heterocycles. The first kappa shape index (κ1) is 10.4. The summed E-state index contributed by atoms with van der Waals surface area (Å²) in [6.07, 6.45) is 0.605. The van der Waals surface area contributed by atoms with Gasteiger partial charge >= 0.3 is 0 Å². The maximum Gasteiger partial charge on any atom is 0.0635 e. The van der Waals surface area contributed by atoms with Crippen molar-refractivity contribution >= 4 is 0 Å². The number of nitrogens with two attached hydrogens (primary N) is 1. The average Bonchev–Trinajstić information content (AvgIpc) is 2.00. The molecule has 2 N–H and O–H groups in total. The van der Waals surface area contributed by atoms with E-state index in [4.69, 9.17) is 11.0 Å². The van der Waals surface area contributed by atoms with Gasteiger partial charge in [0, 0.05) is 19.5 Å². The lowest BCUT2D eigenvalue weighted by Crippen LogP contribution is -2.28. The molecule has 0 radical (unpaired) electrons. The van der Waals surface area contributed by atoms with Crippen molar-refractivity contribution < 1.29 is 0 Å². The van der Waals surface area contributed by atoms with Gasteiger partial charge in [-0.25, -0.2) is 0 Å². The molecule has 0 rings (SSSR count). The molecule has 0 aromatic heterocycles. The van der Waals surface area contributed by atoms with Gasteiger partial charge in [-0.3, -0.25) is 0 Å². The molecule has 0 aromatic carbocycles. The van der Waals surface area contributed by atoms with E-state index < -0.39 is 0 Å². The molecule has 0 amide bonds. The largest absolute Gasteiger partial charge is 0.330 e. The molecule has 0 saturated carbocycles. The topological polar surface area (TPSA) is 53.0 Å². The Morgan fingerprint density at radius 3 is 2.73 bits per heavy atom. The summed E-state index contributed by atoms with van der Waals surface area (Å²) in [4.78, 5) is 2.14. The minimum atomic E-state index is 0.527. The Labute approximate surface area is 68.8 Å². The highest BCUT2D eigenvalue weighted by Gasteiger charge is 2.02. The molecule has 0 aromatic rings. The summed E-state index contributed by atoms with van der Waals surface area (Å²) in [7, 11) is 2.02. The van der Waals surface area contributed by atoms with E-state index >= 15 is 0 Å². The molecule has 0 fully saturated rings. The third kappa shape index (κ3) is 5.84. The van der Waals surface area contributed by atoms with Crippen LogP contribution in [0.4, 0.5) is 0 Å². The highest BCUT2D eigenvalue weighted by atomic mass is 15.1. The highest BCUT2D eigenvalue weighted by Crippen LogP contribution is 1.95. The van der Waals surface area contributed by atoms with Gasteiger partial charge in [0.15, 0.2) is 0 Å². The van der Waals surface area contributed by atoms with Crippen molar-refractivity contribution in [2.75, 3.05) is 26.7 Å². The third-order valence-corrected chi connectivity index (χ3v) is 1.63. The van der Waals surface area contributed by atoms with Crippen LogP contribution in [0.1, 0.15) is 13.3 Å². The van der Waals surface area contributed by atoms with Crippen LogP contribution < -0.4 is 5.73 Å². The number of nitriles is 1. The fraction of sp³-hybridized carbons (Fsp3) is 0.875. The number of rotatable bonds is 5. The zero-order valence-corrected chi connectivity index (χ0v) is 7.38. The molecule has 1 unspecified atom stereocenters. The monoisotopic (exact) mass is 155 g/mol. The van der Waals surface area contributed by atoms with Gasteiger partial charge in [-0.2, -0.15) is 5.26 Å². The molecule has 0 spiro atoms. The van der Waals surface area contributed by atoms with Gasteiger partial charge in [-0.15, -0.1) is 0 Å². The summed E-state index contributed by atoms with van der Waals surface area (Å²) in [5.74, 6) is 0.527. The summed E-state index contributed by atoms with van der Waals surface area (Å²) >= 11 is 0. The van der Waals surface area contributed by atoms with Crippen molar-refractivity contribution in [3.8, 4) is 6.07 Å². The van der Waals surface area contributed by atoms with Crippen LogP contribution in [0.3, 0.4) is 0 Å². The van der Waals surface area contributed by atoms with E-state index in [1.165, 1.54) is 0 Å². The lowest BCUT2D eigenvalue weighted by atomic mass is 10.2. The summed E-state index contributed by atoms with van der Waals surface area (Å²) < 4.78 is 0. The Hall–Kier alpha value is -0.590. The Kier molecular flexibility index (Phi) is 5.81. The SMILES string of the molecule is CC(CN)CN(C)CCC#N. The molecule has 0 bridgehead atoms. The molecule has 0 aliphatic rings. The fourth-order valence-corrected chi connectivity index (χ4v) is 0.939. The van der Waals surface area contributed by atoms with Gasteiger partial charge in [-0.1, -0.05) is 6.92 Å². The van der Waals surface area contributed by atoms with Crippen molar-refractivity contribution in [3.05, 3.63) is 0 Å². The van der Waals surface area contributed by atoms with Crippen molar-refractivity contribution in [2.45, 2.75) is 13.3 Å². The molecule has 0 aliphatic carbocycles. The quantitative estimate of drug-likeness (QED) is 0.626. The second kappa shape index (κ2) is 6.14. The van der Waals surface area contributed by atoms with E-state index in [1.807, 2.05) is 7.05 Å². The van der Waals surface area contributed by atoms with Crippen molar-refractivity contribution in [3.63, 3.8) is 0 Å². The normalized spacial score (nSPS) is 13.0. The Balaban J connectivity index is 3.37. The second-order valence-electron chi connectivity index (χ2n) is 3.01. The van der Waals surface area contributed by atoms with E-state index in [2.05, 4.69) is 17.9 Å². The van der Waals surface area contributed by atoms with Gasteiger partial charge in [0.2, 0.25) is 0 Å². The molecule has 3 nitrogen and oxygen atoms in total. The minimum Gasteiger partial charge on any atom is -0.330 e. The first-order valence-electron chi connectivity index (χ1n) is 3.96. The van der Waals surface area contributed by atoms with E-state index in [9.17, 15) is 0 Å². The average molecular weight is 155 g/mol. The first-order valence-corrected chi connectivity index (χ1v) is 3.96. The lowest BCUT2D eigenvalue weighted by Gasteiger charge is -2.18. The maximum atomic E-state index is 8.31. The zero-order valence-electron chi connectivity index (χ0n) is 7.38. The number of nitrogens with zero attached hydrogens (tertiary/aromatic N) is 2. The van der Waals surface area contributed by atoms with Gasteiger partial charge in [0.1, 0.15) is 0 Å². The smallest absolute Gasteiger partial charge is 0.0635 e. The third-order valence-electron chi connectivity index (χ3n) is 1.63. The summed E-state index contributed by atoms with van der Waals surface area (Å²) in [6, 6.07) is 2.12. The molecule has 0 aliphatic heterocycles. The Morgan fingerprint density at radius 1 is 1.64 bits per heavy atom. The maximum absolute atomic E-state index is 8.31. The Morgan fingerprint density at radius 2 is 2.27 bits per heavy atom. The van der Waals surface area contributed by atoms with Crippen LogP contribution in [-0.2, 0) is 0 Å². The van der Waals surface area contributed by atoms with Gasteiger partial charge < -0.3 is 10.6 Å². The predicted octanol–water partition coefficient (Wildman–Crippen LogP) is 0.427. The van der Waals surface area contributed by atoms with Crippen LogP contribution in [0, 0.1) is 17.2 Å². The van der Waals surface area contributed by atoms with E-state index in [-0.39, 0.29) is 0 Å². The molecular weight excluding hydrogens is 138 g/mol. The number of hydrogen-bond acceptors (Lipinski definition) is 3. The lowest BCUT2D eigenvalue weighted by molar-refractivity contribution is 0.295. The van der Waals surface area contributed by atoms with Crippen molar-refractivity contribution in [1.29, 1.82) is 5.26 Å². The van der Waals surface area contributed by atoms with Gasteiger partial charge in [-0.05, 0) is 19.5 Å². The van der Waals surface area contributed by atoms with E-state index in [0.29, 0.717) is 12.3 Å². The van der Waals surface area contributed by atoms with E-state index in [0.717, 1.165) is 19.6 Å².